The van der Waals surface area contributed by atoms with Crippen LogP contribution in [0, 0.1) is 0 Å². The maximum atomic E-state index is 6.69. The summed E-state index contributed by atoms with van der Waals surface area (Å²) in [7, 11) is 0. The van der Waals surface area contributed by atoms with Crippen molar-refractivity contribution in [3.8, 4) is 151 Å². The van der Waals surface area contributed by atoms with Crippen LogP contribution in [0.15, 0.2) is 415 Å². The largest absolute Gasteiger partial charge is 0.455 e. The average molecular weight is 1600 g/mol. The Morgan fingerprint density at radius 1 is 0.242 bits per heavy atom. The zero-order valence-electron chi connectivity index (χ0n) is 66.5. The van der Waals surface area contributed by atoms with Gasteiger partial charge in [0.05, 0.1) is 38.8 Å². The van der Waals surface area contributed by atoms with Crippen molar-refractivity contribution in [3.63, 3.8) is 0 Å². The zero-order valence-corrected chi connectivity index (χ0v) is 67.4. The lowest BCUT2D eigenvalue weighted by Gasteiger charge is -2.15. The molecule has 0 atom stereocenters. The van der Waals surface area contributed by atoms with Crippen LogP contribution in [0.3, 0.4) is 0 Å². The number of pyridine rings is 1. The first kappa shape index (κ1) is 69.5. The Bertz CT molecular complexity index is 8650. The smallest absolute Gasteiger partial charge is 0.238 e. The number of para-hydroxylation sites is 1. The number of hydrogen-bond acceptors (Lipinski definition) is 7. The topological polar surface area (TPSA) is 92.6 Å². The number of rotatable bonds is 9. The molecule has 9 nitrogen and oxygen atoms in total. The van der Waals surface area contributed by atoms with Crippen LogP contribution < -0.4 is 0 Å². The number of fused-ring (bicyclic) bond motifs is 11. The Morgan fingerprint density at radius 2 is 0.653 bits per heavy atom. The summed E-state index contributed by atoms with van der Waals surface area (Å²) in [5, 5.41) is 13.5. The Kier molecular flexibility index (Phi) is 15.5. The molecule has 17 aromatic carbocycles. The molecular weight excluding hydrogens is 1530 g/mol. The van der Waals surface area contributed by atoms with E-state index in [1.165, 1.54) is 142 Å². The minimum absolute atomic E-state index is 0.605. The van der Waals surface area contributed by atoms with Crippen molar-refractivity contribution in [3.05, 3.63) is 406 Å². The van der Waals surface area contributed by atoms with Gasteiger partial charge in [0.15, 0.2) is 11.6 Å². The summed E-state index contributed by atoms with van der Waals surface area (Å²) in [4.78, 5) is 22.0. The van der Waals surface area contributed by atoms with E-state index in [-0.39, 0.29) is 0 Å². The number of hydrogen-bond donors (Lipinski definition) is 0. The van der Waals surface area contributed by atoms with E-state index in [9.17, 15) is 0 Å². The summed E-state index contributed by atoms with van der Waals surface area (Å²) in [5.41, 5.74) is 32.0. The van der Waals surface area contributed by atoms with Gasteiger partial charge in [0.2, 0.25) is 5.95 Å². The van der Waals surface area contributed by atoms with Crippen molar-refractivity contribution in [1.29, 1.82) is 0 Å². The predicted molar refractivity (Wildman–Crippen MR) is 512 cm³/mol. The zero-order chi connectivity index (χ0) is 81.2. The van der Waals surface area contributed by atoms with E-state index >= 15 is 0 Å². The lowest BCUT2D eigenvalue weighted by atomic mass is 9.92. The lowest BCUT2D eigenvalue weighted by Crippen LogP contribution is -2.06. The van der Waals surface area contributed by atoms with E-state index < -0.39 is 0 Å². The fourth-order valence-corrected chi connectivity index (χ4v) is 21.4. The summed E-state index contributed by atoms with van der Waals surface area (Å²) < 4.78 is 21.6. The van der Waals surface area contributed by atoms with Crippen LogP contribution in [0.2, 0.25) is 0 Å². The van der Waals surface area contributed by atoms with Crippen molar-refractivity contribution in [2.24, 2.45) is 0 Å². The van der Waals surface area contributed by atoms with Gasteiger partial charge in [-0.15, -0.1) is 11.3 Å². The average Bonchev–Trinajstić information content (AvgIpc) is 1.53. The molecule has 124 heavy (non-hydrogen) atoms. The highest BCUT2D eigenvalue weighted by atomic mass is 32.1. The summed E-state index contributed by atoms with van der Waals surface area (Å²) >= 11 is 1.88. The summed E-state index contributed by atoms with van der Waals surface area (Å²) in [6.07, 6.45) is 0. The van der Waals surface area contributed by atoms with Crippen molar-refractivity contribution in [2.75, 3.05) is 0 Å². The van der Waals surface area contributed by atoms with Gasteiger partial charge in [-0.25, -0.2) is 9.97 Å². The Hall–Kier alpha value is -16.4. The van der Waals surface area contributed by atoms with Gasteiger partial charge in [-0.3, -0.25) is 9.13 Å². The molecule has 28 rings (SSSR count). The number of furan rings is 2. The fraction of sp³-hybridized carbons (Fsp3) is 0. The molecule has 8 aromatic heterocycles. The van der Waals surface area contributed by atoms with E-state index in [0.717, 1.165) is 100 Å². The lowest BCUT2D eigenvalue weighted by molar-refractivity contribution is 0.632. The van der Waals surface area contributed by atoms with Gasteiger partial charge >= 0.3 is 0 Å². The molecule has 576 valence electrons. The molecule has 3 aliphatic carbocycles. The van der Waals surface area contributed by atoms with E-state index in [0.29, 0.717) is 17.6 Å². The van der Waals surface area contributed by atoms with E-state index in [1.807, 2.05) is 59.9 Å². The highest BCUT2D eigenvalue weighted by molar-refractivity contribution is 7.23. The normalized spacial score (nSPS) is 12.0. The molecule has 8 heterocycles. The molecule has 0 fully saturated rings. The highest BCUT2D eigenvalue weighted by Gasteiger charge is 2.35. The maximum Gasteiger partial charge on any atom is 0.238 e. The van der Waals surface area contributed by atoms with Crippen molar-refractivity contribution < 1.29 is 8.83 Å². The number of benzene rings is 17. The molecule has 0 amide bonds. The molecular formula is C114H67N7O2S. The second kappa shape index (κ2) is 27.6. The summed E-state index contributed by atoms with van der Waals surface area (Å²) in [5.74, 6) is 4.64. The van der Waals surface area contributed by atoms with Crippen molar-refractivity contribution in [1.82, 2.24) is 33.6 Å². The predicted octanol–water partition coefficient (Wildman–Crippen LogP) is 30.7. The first-order valence-electron chi connectivity index (χ1n) is 42.0. The van der Waals surface area contributed by atoms with Gasteiger partial charge in [0.1, 0.15) is 28.5 Å². The second-order valence-electron chi connectivity index (χ2n) is 32.0. The van der Waals surface area contributed by atoms with Crippen LogP contribution in [-0.2, 0) is 0 Å². The summed E-state index contributed by atoms with van der Waals surface area (Å²) in [6.45, 7) is 0. The van der Waals surface area contributed by atoms with Crippen LogP contribution in [-0.4, -0.2) is 33.6 Å². The SMILES string of the molecule is c1ccc(-c2cccc(-n3c4cccc5c4c4c6c(c(-c7ccccc7)oc6ccc43)-c3ccccc3-5)n2)cc1.c1ccc(-c2nc(-c3ccccc3)nc(-n3c4ccc5sc(-c6ccccc6)c6c5c4c4c(cc5ccccc5c43)-c3ccccc3-6)n2)cc1.c1ccc(-c2oc3ccc4c5c3c2-c2ccccc2-c2cccc(c25)n4-c2ccccc2)cc1. The third kappa shape index (κ3) is 10.4. The molecule has 0 unspecified atom stereocenters. The minimum atomic E-state index is 0.605. The van der Waals surface area contributed by atoms with Crippen LogP contribution in [0.25, 0.3) is 260 Å². The monoisotopic (exact) mass is 1600 g/mol. The van der Waals surface area contributed by atoms with Gasteiger partial charge < -0.3 is 13.4 Å². The quantitative estimate of drug-likeness (QED) is 0.143. The second-order valence-corrected chi connectivity index (χ2v) is 33.1. The van der Waals surface area contributed by atoms with Crippen molar-refractivity contribution >= 4 is 120 Å². The van der Waals surface area contributed by atoms with E-state index in [4.69, 9.17) is 28.8 Å². The number of aromatic nitrogens is 7. The molecule has 3 aliphatic rings. The Morgan fingerprint density at radius 3 is 1.21 bits per heavy atom. The molecule has 0 N–H and O–H groups in total. The Balaban J connectivity index is 0.000000101. The van der Waals surface area contributed by atoms with E-state index in [1.54, 1.807) is 0 Å². The Labute approximate surface area is 714 Å². The van der Waals surface area contributed by atoms with Crippen LogP contribution in [0.4, 0.5) is 0 Å². The third-order valence-electron chi connectivity index (χ3n) is 25.3. The molecule has 25 aromatic rings. The molecule has 0 radical (unpaired) electrons. The van der Waals surface area contributed by atoms with Crippen molar-refractivity contribution in [2.45, 2.75) is 0 Å². The molecule has 0 saturated heterocycles. The number of thiophene rings is 1. The maximum absolute atomic E-state index is 6.69. The third-order valence-corrected chi connectivity index (χ3v) is 26.5. The molecule has 10 heteroatoms. The van der Waals surface area contributed by atoms with Gasteiger partial charge in [-0.2, -0.15) is 9.97 Å². The first-order chi connectivity index (χ1) is 61.6. The van der Waals surface area contributed by atoms with Crippen LogP contribution in [0.5, 0.6) is 0 Å². The highest BCUT2D eigenvalue weighted by Crippen LogP contribution is 2.59. The fourth-order valence-electron chi connectivity index (χ4n) is 20.2. The first-order valence-corrected chi connectivity index (χ1v) is 42.8. The molecule has 0 aliphatic heterocycles. The standard InChI is InChI=1S/C45H26N4S.C37H22N2O.C32H19NO/c1-4-14-27(15-5-1)42-38-33-23-13-12-22-32(33)34-26-30-20-10-11-21-31(30)41-37(34)39-35(24-25-36(50-42)40(38)39)49(41)45-47-43(28-16-6-2-7-17-28)46-44(48-45)29-18-8-3-9-19-29;1-3-11-23(12-4-1)28-18-10-20-32(38-28)39-29-19-9-17-26-25-15-7-8-16-27(25)34-36-31(22-21-30(39)35(36)33(26)29)40-37(34)24-13-5-2-6-14-24;1-3-10-20(11-4-1)32-29-24-15-8-7-14-22(24)23-16-9-17-25-28(23)30-26(18-19-27(34-32)31(29)30)33(25)21-12-5-2-6-13-21/h1-26H;1-22H;1-19H. The van der Waals surface area contributed by atoms with Crippen LogP contribution >= 0.6 is 11.3 Å². The molecule has 0 bridgehead atoms. The van der Waals surface area contributed by atoms with Gasteiger partial charge in [-0.05, 0) is 140 Å². The van der Waals surface area contributed by atoms with Gasteiger partial charge in [0.25, 0.3) is 0 Å². The number of nitrogens with zero attached hydrogens (tertiary/aromatic N) is 7. The van der Waals surface area contributed by atoms with Gasteiger partial charge in [-0.1, -0.05) is 328 Å². The molecule has 0 saturated carbocycles. The van der Waals surface area contributed by atoms with E-state index in [2.05, 4.69) is 372 Å². The molecule has 0 spiro atoms. The van der Waals surface area contributed by atoms with Gasteiger partial charge in [0, 0.05) is 114 Å². The minimum Gasteiger partial charge on any atom is -0.455 e. The summed E-state index contributed by atoms with van der Waals surface area (Å²) in [6, 6.07) is 144. The van der Waals surface area contributed by atoms with Crippen LogP contribution in [0.1, 0.15) is 0 Å².